The average molecular weight is 320 g/mol. The zero-order valence-corrected chi connectivity index (χ0v) is 12.9. The third kappa shape index (κ3) is 3.10. The number of piperazine rings is 1. The van der Waals surface area contributed by atoms with Crippen molar-refractivity contribution in [3.8, 4) is 0 Å². The highest BCUT2D eigenvalue weighted by Gasteiger charge is 2.23. The standard InChI is InChI=1S/C16H18ClN3O2/c17-13-1-3-14(4-2-13)19-5-7-20(8-6-19)16(21)12-9-15(10-18)22-11-12/h1-4,9,11H,5-8,10,18H2. The summed E-state index contributed by atoms with van der Waals surface area (Å²) in [5, 5.41) is 0.730. The number of hydrogen-bond donors (Lipinski definition) is 1. The summed E-state index contributed by atoms with van der Waals surface area (Å²) >= 11 is 5.91. The lowest BCUT2D eigenvalue weighted by Crippen LogP contribution is -2.48. The van der Waals surface area contributed by atoms with Crippen LogP contribution in [0.15, 0.2) is 41.0 Å². The van der Waals surface area contributed by atoms with Crippen molar-refractivity contribution >= 4 is 23.2 Å². The Bertz CT molecular complexity index is 646. The second kappa shape index (κ2) is 6.42. The Morgan fingerprint density at radius 3 is 2.45 bits per heavy atom. The molecule has 1 aliphatic rings. The van der Waals surface area contributed by atoms with E-state index in [1.165, 1.54) is 6.26 Å². The highest BCUT2D eigenvalue weighted by Crippen LogP contribution is 2.20. The normalized spacial score (nSPS) is 15.2. The Kier molecular flexibility index (Phi) is 4.36. The van der Waals surface area contributed by atoms with Crippen LogP contribution in [0, 0.1) is 0 Å². The molecule has 1 aromatic carbocycles. The van der Waals surface area contributed by atoms with Crippen LogP contribution in [-0.2, 0) is 6.54 Å². The van der Waals surface area contributed by atoms with Crippen molar-refractivity contribution in [3.05, 3.63) is 52.9 Å². The van der Waals surface area contributed by atoms with Gasteiger partial charge in [0.15, 0.2) is 0 Å². The summed E-state index contributed by atoms with van der Waals surface area (Å²) in [4.78, 5) is 16.5. The number of carbonyl (C=O) groups is 1. The van der Waals surface area contributed by atoms with Crippen molar-refractivity contribution in [2.75, 3.05) is 31.1 Å². The van der Waals surface area contributed by atoms with Gasteiger partial charge in [0, 0.05) is 36.9 Å². The Balaban J connectivity index is 1.61. The Morgan fingerprint density at radius 2 is 1.86 bits per heavy atom. The van der Waals surface area contributed by atoms with Crippen LogP contribution < -0.4 is 10.6 Å². The number of nitrogens with two attached hydrogens (primary N) is 1. The molecule has 0 unspecified atom stereocenters. The van der Waals surface area contributed by atoms with Gasteiger partial charge < -0.3 is 20.0 Å². The van der Waals surface area contributed by atoms with Crippen molar-refractivity contribution in [1.29, 1.82) is 0 Å². The van der Waals surface area contributed by atoms with Crippen molar-refractivity contribution < 1.29 is 9.21 Å². The molecule has 0 radical (unpaired) electrons. The number of anilines is 1. The van der Waals surface area contributed by atoms with E-state index in [1.54, 1.807) is 6.07 Å². The fraction of sp³-hybridized carbons (Fsp3) is 0.312. The van der Waals surface area contributed by atoms with Gasteiger partial charge in [0.25, 0.3) is 5.91 Å². The maximum Gasteiger partial charge on any atom is 0.257 e. The Morgan fingerprint density at radius 1 is 1.18 bits per heavy atom. The predicted molar refractivity (Wildman–Crippen MR) is 86.2 cm³/mol. The molecule has 1 aromatic heterocycles. The van der Waals surface area contributed by atoms with E-state index in [1.807, 2.05) is 29.2 Å². The molecule has 6 heteroatoms. The van der Waals surface area contributed by atoms with E-state index in [-0.39, 0.29) is 5.91 Å². The molecule has 22 heavy (non-hydrogen) atoms. The molecule has 0 bridgehead atoms. The van der Waals surface area contributed by atoms with Gasteiger partial charge in [0.1, 0.15) is 12.0 Å². The van der Waals surface area contributed by atoms with E-state index in [0.29, 0.717) is 31.0 Å². The largest absolute Gasteiger partial charge is 0.467 e. The smallest absolute Gasteiger partial charge is 0.257 e. The number of halogens is 1. The molecule has 2 aromatic rings. The summed E-state index contributed by atoms with van der Waals surface area (Å²) < 4.78 is 5.23. The van der Waals surface area contributed by atoms with Gasteiger partial charge in [-0.1, -0.05) is 11.6 Å². The predicted octanol–water partition coefficient (Wildman–Crippen LogP) is 2.35. The first-order chi connectivity index (χ1) is 10.7. The van der Waals surface area contributed by atoms with E-state index < -0.39 is 0 Å². The number of benzene rings is 1. The quantitative estimate of drug-likeness (QED) is 0.943. The van der Waals surface area contributed by atoms with Gasteiger partial charge in [0.05, 0.1) is 12.1 Å². The zero-order chi connectivity index (χ0) is 15.5. The first-order valence-electron chi connectivity index (χ1n) is 7.24. The second-order valence-corrected chi connectivity index (χ2v) is 5.70. The molecule has 2 heterocycles. The Hall–Kier alpha value is -1.98. The van der Waals surface area contributed by atoms with Crippen LogP contribution in [0.4, 0.5) is 5.69 Å². The topological polar surface area (TPSA) is 62.7 Å². The monoisotopic (exact) mass is 319 g/mol. The van der Waals surface area contributed by atoms with Crippen molar-refractivity contribution in [2.45, 2.75) is 6.54 Å². The van der Waals surface area contributed by atoms with Crippen LogP contribution in [-0.4, -0.2) is 37.0 Å². The number of furan rings is 1. The second-order valence-electron chi connectivity index (χ2n) is 5.26. The Labute approximate surface area is 134 Å². The van der Waals surface area contributed by atoms with E-state index in [9.17, 15) is 4.79 Å². The minimum absolute atomic E-state index is 0.000735. The SMILES string of the molecule is NCc1cc(C(=O)N2CCN(c3ccc(Cl)cc3)CC2)co1. The molecule has 0 spiro atoms. The number of rotatable bonds is 3. The van der Waals surface area contributed by atoms with Gasteiger partial charge >= 0.3 is 0 Å². The third-order valence-electron chi connectivity index (χ3n) is 3.86. The van der Waals surface area contributed by atoms with Crippen molar-refractivity contribution in [2.24, 2.45) is 5.73 Å². The van der Waals surface area contributed by atoms with E-state index >= 15 is 0 Å². The van der Waals surface area contributed by atoms with Gasteiger partial charge in [0.2, 0.25) is 0 Å². The molecule has 1 saturated heterocycles. The zero-order valence-electron chi connectivity index (χ0n) is 12.2. The van der Waals surface area contributed by atoms with E-state index in [4.69, 9.17) is 21.8 Å². The summed E-state index contributed by atoms with van der Waals surface area (Å²) in [6.07, 6.45) is 1.48. The number of nitrogens with zero attached hydrogens (tertiary/aromatic N) is 2. The van der Waals surface area contributed by atoms with Crippen LogP contribution in [0.2, 0.25) is 5.02 Å². The lowest BCUT2D eigenvalue weighted by molar-refractivity contribution is 0.0746. The van der Waals surface area contributed by atoms with Gasteiger partial charge in [-0.05, 0) is 30.3 Å². The summed E-state index contributed by atoms with van der Waals surface area (Å²) in [7, 11) is 0. The lowest BCUT2D eigenvalue weighted by Gasteiger charge is -2.36. The first kappa shape index (κ1) is 14.9. The summed E-state index contributed by atoms with van der Waals surface area (Å²) in [6, 6.07) is 9.49. The van der Waals surface area contributed by atoms with E-state index in [2.05, 4.69) is 4.90 Å². The lowest BCUT2D eigenvalue weighted by atomic mass is 10.2. The third-order valence-corrected chi connectivity index (χ3v) is 4.11. The number of amides is 1. The minimum atomic E-state index is -0.000735. The van der Waals surface area contributed by atoms with Crippen molar-refractivity contribution in [1.82, 2.24) is 4.90 Å². The van der Waals surface area contributed by atoms with Gasteiger partial charge in [-0.25, -0.2) is 0 Å². The highest BCUT2D eigenvalue weighted by molar-refractivity contribution is 6.30. The molecule has 0 atom stereocenters. The summed E-state index contributed by atoms with van der Waals surface area (Å²) in [6.45, 7) is 3.27. The van der Waals surface area contributed by atoms with Crippen LogP contribution in [0.5, 0.6) is 0 Å². The molecule has 1 fully saturated rings. The van der Waals surface area contributed by atoms with Gasteiger partial charge in [-0.2, -0.15) is 0 Å². The molecule has 1 amide bonds. The van der Waals surface area contributed by atoms with Crippen LogP contribution in [0.25, 0.3) is 0 Å². The highest BCUT2D eigenvalue weighted by atomic mass is 35.5. The minimum Gasteiger partial charge on any atom is -0.467 e. The molecular formula is C16H18ClN3O2. The fourth-order valence-electron chi connectivity index (χ4n) is 2.60. The molecular weight excluding hydrogens is 302 g/mol. The summed E-state index contributed by atoms with van der Waals surface area (Å²) in [5.41, 5.74) is 7.20. The maximum absolute atomic E-state index is 12.4. The van der Waals surface area contributed by atoms with Gasteiger partial charge in [-0.3, -0.25) is 4.79 Å². The molecule has 3 rings (SSSR count). The average Bonchev–Trinajstić information content (AvgIpc) is 3.04. The first-order valence-corrected chi connectivity index (χ1v) is 7.62. The molecule has 1 aliphatic heterocycles. The van der Waals surface area contributed by atoms with Crippen LogP contribution in [0.3, 0.4) is 0 Å². The number of carbonyl (C=O) groups excluding carboxylic acids is 1. The van der Waals surface area contributed by atoms with Gasteiger partial charge in [-0.15, -0.1) is 0 Å². The molecule has 0 aliphatic carbocycles. The maximum atomic E-state index is 12.4. The number of hydrogen-bond acceptors (Lipinski definition) is 4. The van der Waals surface area contributed by atoms with Crippen LogP contribution in [0.1, 0.15) is 16.1 Å². The molecule has 116 valence electrons. The molecule has 2 N–H and O–H groups in total. The molecule has 0 saturated carbocycles. The summed E-state index contributed by atoms with van der Waals surface area (Å²) in [5.74, 6) is 0.627. The van der Waals surface area contributed by atoms with E-state index in [0.717, 1.165) is 23.8 Å². The van der Waals surface area contributed by atoms with Crippen LogP contribution >= 0.6 is 11.6 Å². The fourth-order valence-corrected chi connectivity index (χ4v) is 2.73. The van der Waals surface area contributed by atoms with Crippen molar-refractivity contribution in [3.63, 3.8) is 0 Å². The molecule has 5 nitrogen and oxygen atoms in total.